The molecule has 2 aromatic rings. The van der Waals surface area contributed by atoms with E-state index < -0.39 is 22.6 Å². The fraction of sp³-hybridized carbons (Fsp3) is 0.0625. The lowest BCUT2D eigenvalue weighted by Crippen LogP contribution is -2.11. The summed E-state index contributed by atoms with van der Waals surface area (Å²) in [6.45, 7) is 0. The molecule has 0 spiro atoms. The molecule has 0 unspecified atom stereocenters. The molecule has 25 heavy (non-hydrogen) atoms. The number of nitrogens with one attached hydrogen (secondary N) is 1. The van der Waals surface area contributed by atoms with E-state index >= 15 is 0 Å². The van der Waals surface area contributed by atoms with E-state index in [4.69, 9.17) is 11.6 Å². The van der Waals surface area contributed by atoms with Crippen LogP contribution in [0.25, 0.3) is 6.08 Å². The van der Waals surface area contributed by atoms with Crippen LogP contribution in [0.15, 0.2) is 48.5 Å². The fourth-order valence-corrected chi connectivity index (χ4v) is 2.05. The van der Waals surface area contributed by atoms with Crippen molar-refractivity contribution < 1.29 is 22.9 Å². The highest BCUT2D eigenvalue weighted by atomic mass is 35.5. The van der Waals surface area contributed by atoms with Crippen LogP contribution in [-0.4, -0.2) is 10.8 Å². The molecule has 0 aliphatic carbocycles. The fourth-order valence-electron chi connectivity index (χ4n) is 1.89. The Hall–Kier alpha value is -2.87. The van der Waals surface area contributed by atoms with Crippen molar-refractivity contribution in [2.75, 3.05) is 5.32 Å². The van der Waals surface area contributed by atoms with Crippen molar-refractivity contribution in [3.63, 3.8) is 0 Å². The molecule has 2 rings (SSSR count). The van der Waals surface area contributed by atoms with Gasteiger partial charge in [-0.25, -0.2) is 0 Å². The van der Waals surface area contributed by atoms with Crippen molar-refractivity contribution in [3.8, 4) is 0 Å². The van der Waals surface area contributed by atoms with E-state index in [-0.39, 0.29) is 16.4 Å². The minimum atomic E-state index is -4.57. The Morgan fingerprint density at radius 2 is 1.92 bits per heavy atom. The van der Waals surface area contributed by atoms with Gasteiger partial charge in [0, 0.05) is 18.2 Å². The molecule has 0 atom stereocenters. The second-order valence-corrected chi connectivity index (χ2v) is 5.27. The highest BCUT2D eigenvalue weighted by Crippen LogP contribution is 2.33. The summed E-state index contributed by atoms with van der Waals surface area (Å²) in [6.07, 6.45) is -2.23. The van der Waals surface area contributed by atoms with Crippen LogP contribution in [0.4, 0.5) is 24.5 Å². The normalized spacial score (nSPS) is 11.5. The SMILES string of the molecule is O=C(/C=C/c1cccc([N+](=O)[O-])c1)Nc1cc(C(F)(F)F)ccc1Cl. The number of hydrogen-bond donors (Lipinski definition) is 1. The van der Waals surface area contributed by atoms with Crippen LogP contribution in [0, 0.1) is 10.1 Å². The van der Waals surface area contributed by atoms with Gasteiger partial charge in [0.05, 0.1) is 21.2 Å². The first kappa shape index (κ1) is 18.5. The lowest BCUT2D eigenvalue weighted by molar-refractivity contribution is -0.384. The second kappa shape index (κ2) is 7.35. The van der Waals surface area contributed by atoms with Crippen molar-refractivity contribution in [3.05, 3.63) is 74.8 Å². The third kappa shape index (κ3) is 5.05. The zero-order valence-electron chi connectivity index (χ0n) is 12.4. The molecule has 0 saturated carbocycles. The van der Waals surface area contributed by atoms with Gasteiger partial charge >= 0.3 is 6.18 Å². The summed E-state index contributed by atoms with van der Waals surface area (Å²) in [5.41, 5.74) is -0.900. The third-order valence-electron chi connectivity index (χ3n) is 3.06. The monoisotopic (exact) mass is 370 g/mol. The second-order valence-electron chi connectivity index (χ2n) is 4.87. The number of alkyl halides is 3. The van der Waals surface area contributed by atoms with Crippen molar-refractivity contribution in [1.82, 2.24) is 0 Å². The molecule has 0 radical (unpaired) electrons. The Morgan fingerprint density at radius 1 is 1.20 bits per heavy atom. The largest absolute Gasteiger partial charge is 0.416 e. The molecular weight excluding hydrogens is 361 g/mol. The van der Waals surface area contributed by atoms with E-state index in [0.29, 0.717) is 5.56 Å². The highest BCUT2D eigenvalue weighted by Gasteiger charge is 2.31. The van der Waals surface area contributed by atoms with Crippen LogP contribution in [-0.2, 0) is 11.0 Å². The number of hydrogen-bond acceptors (Lipinski definition) is 3. The number of benzene rings is 2. The lowest BCUT2D eigenvalue weighted by atomic mass is 10.1. The summed E-state index contributed by atoms with van der Waals surface area (Å²) in [4.78, 5) is 21.9. The van der Waals surface area contributed by atoms with Crippen LogP contribution < -0.4 is 5.32 Å². The van der Waals surface area contributed by atoms with Gasteiger partial charge in [0.2, 0.25) is 5.91 Å². The molecule has 0 aromatic heterocycles. The molecule has 5 nitrogen and oxygen atoms in total. The van der Waals surface area contributed by atoms with Gasteiger partial charge in [-0.05, 0) is 29.8 Å². The third-order valence-corrected chi connectivity index (χ3v) is 3.39. The molecule has 0 fully saturated rings. The predicted octanol–water partition coefficient (Wildman–Crippen LogP) is 4.92. The average Bonchev–Trinajstić information content (AvgIpc) is 2.54. The number of nitro groups is 1. The van der Waals surface area contributed by atoms with Crippen molar-refractivity contribution in [1.29, 1.82) is 0 Å². The first-order valence-electron chi connectivity index (χ1n) is 6.77. The average molecular weight is 371 g/mol. The van der Waals surface area contributed by atoms with Gasteiger partial charge in [0.1, 0.15) is 0 Å². The van der Waals surface area contributed by atoms with Gasteiger partial charge in [-0.1, -0.05) is 23.7 Å². The maximum Gasteiger partial charge on any atom is 0.416 e. The Labute approximate surface area is 144 Å². The Morgan fingerprint density at radius 3 is 2.56 bits per heavy atom. The number of rotatable bonds is 4. The van der Waals surface area contributed by atoms with Crippen LogP contribution in [0.3, 0.4) is 0 Å². The van der Waals surface area contributed by atoms with Gasteiger partial charge < -0.3 is 5.32 Å². The number of anilines is 1. The van der Waals surface area contributed by atoms with E-state index in [0.717, 1.165) is 24.3 Å². The van der Waals surface area contributed by atoms with Gasteiger partial charge in [0.25, 0.3) is 5.69 Å². The molecule has 1 N–H and O–H groups in total. The highest BCUT2D eigenvalue weighted by molar-refractivity contribution is 6.33. The number of non-ortho nitro benzene ring substituents is 1. The lowest BCUT2D eigenvalue weighted by Gasteiger charge is -2.10. The van der Waals surface area contributed by atoms with Gasteiger partial charge in [-0.2, -0.15) is 13.2 Å². The molecule has 130 valence electrons. The molecule has 1 amide bonds. The van der Waals surface area contributed by atoms with Gasteiger partial charge in [0.15, 0.2) is 0 Å². The Bertz CT molecular complexity index is 851. The predicted molar refractivity (Wildman–Crippen MR) is 87.2 cm³/mol. The van der Waals surface area contributed by atoms with E-state index in [1.807, 2.05) is 0 Å². The number of carbonyl (C=O) groups excluding carboxylic acids is 1. The molecule has 0 bridgehead atoms. The van der Waals surface area contributed by atoms with Crippen LogP contribution >= 0.6 is 11.6 Å². The number of carbonyl (C=O) groups is 1. The number of nitrogens with zero attached hydrogens (tertiary/aromatic N) is 1. The Balaban J connectivity index is 2.15. The molecule has 0 aliphatic rings. The standard InChI is InChI=1S/C16H10ClF3N2O3/c17-13-6-5-11(16(18,19)20)9-14(13)21-15(23)7-4-10-2-1-3-12(8-10)22(24)25/h1-9H,(H,21,23)/b7-4+. The molecular formula is C16H10ClF3N2O3. The minimum absolute atomic E-state index is 0.0508. The first-order chi connectivity index (χ1) is 11.7. The minimum Gasteiger partial charge on any atom is -0.321 e. The Kier molecular flexibility index (Phi) is 5.43. The van der Waals surface area contributed by atoms with Crippen LogP contribution in [0.1, 0.15) is 11.1 Å². The number of halogens is 4. The van der Waals surface area contributed by atoms with E-state index in [2.05, 4.69) is 5.32 Å². The van der Waals surface area contributed by atoms with E-state index in [1.54, 1.807) is 0 Å². The maximum absolute atomic E-state index is 12.7. The van der Waals surface area contributed by atoms with Crippen molar-refractivity contribution in [2.24, 2.45) is 0 Å². The number of nitro benzene ring substituents is 1. The molecule has 0 heterocycles. The maximum atomic E-state index is 12.7. The van der Waals surface area contributed by atoms with E-state index in [9.17, 15) is 28.1 Å². The summed E-state index contributed by atoms with van der Waals surface area (Å²) < 4.78 is 38.1. The van der Waals surface area contributed by atoms with Crippen molar-refractivity contribution >= 4 is 35.0 Å². The summed E-state index contributed by atoms with van der Waals surface area (Å²) in [7, 11) is 0. The first-order valence-corrected chi connectivity index (χ1v) is 7.15. The molecule has 2 aromatic carbocycles. The summed E-state index contributed by atoms with van der Waals surface area (Å²) in [5, 5.41) is 12.9. The quantitative estimate of drug-likeness (QED) is 0.471. The van der Waals surface area contributed by atoms with Crippen LogP contribution in [0.5, 0.6) is 0 Å². The smallest absolute Gasteiger partial charge is 0.321 e. The van der Waals surface area contributed by atoms with Crippen molar-refractivity contribution in [2.45, 2.75) is 6.18 Å². The van der Waals surface area contributed by atoms with Gasteiger partial charge in [-0.15, -0.1) is 0 Å². The van der Waals surface area contributed by atoms with Crippen LogP contribution in [0.2, 0.25) is 5.02 Å². The topological polar surface area (TPSA) is 72.2 Å². The summed E-state index contributed by atoms with van der Waals surface area (Å²) in [6, 6.07) is 8.08. The molecule has 9 heteroatoms. The number of amides is 1. The molecule has 0 aliphatic heterocycles. The van der Waals surface area contributed by atoms with Gasteiger partial charge in [-0.3, -0.25) is 14.9 Å². The zero-order chi connectivity index (χ0) is 18.6. The summed E-state index contributed by atoms with van der Waals surface area (Å²) >= 11 is 5.78. The molecule has 0 saturated heterocycles. The van der Waals surface area contributed by atoms with E-state index in [1.165, 1.54) is 30.3 Å². The zero-order valence-corrected chi connectivity index (χ0v) is 13.1. The summed E-state index contributed by atoms with van der Waals surface area (Å²) in [5.74, 6) is -0.729.